The van der Waals surface area contributed by atoms with Crippen LogP contribution in [0.5, 0.6) is 0 Å². The average Bonchev–Trinajstić information content (AvgIpc) is 3.38. The molecule has 2 saturated heterocycles. The molecule has 0 bridgehead atoms. The number of hydrogen-bond acceptors (Lipinski definition) is 5. The number of fused-ring (bicyclic) bond motifs is 1. The van der Waals surface area contributed by atoms with Crippen molar-refractivity contribution in [3.8, 4) is 0 Å². The normalized spacial score (nSPS) is 24.6. The molecule has 2 heterocycles. The van der Waals surface area contributed by atoms with Gasteiger partial charge in [0.15, 0.2) is 0 Å². The van der Waals surface area contributed by atoms with Gasteiger partial charge in [0.2, 0.25) is 11.8 Å². The van der Waals surface area contributed by atoms with Crippen molar-refractivity contribution in [3.05, 3.63) is 107 Å². The van der Waals surface area contributed by atoms with Crippen molar-refractivity contribution in [2.24, 2.45) is 11.8 Å². The molecule has 3 aromatic carbocycles. The molecule has 8 nitrogen and oxygen atoms in total. The number of carbonyl (C=O) groups excluding carboxylic acids is 2. The Kier molecular flexibility index (Phi) is 6.65. The Morgan fingerprint density at radius 1 is 0.816 bits per heavy atom. The number of nitrogens with one attached hydrogen (secondary N) is 1. The third-order valence-corrected chi connectivity index (χ3v) is 7.30. The van der Waals surface area contributed by atoms with Crippen LogP contribution in [0.2, 0.25) is 0 Å². The zero-order valence-electron chi connectivity index (χ0n) is 20.4. The molecule has 2 fully saturated rings. The lowest BCUT2D eigenvalue weighted by molar-refractivity contribution is -0.156. The SMILES string of the molecule is O=C(O)CC1(C(=O)O)NC(c2ccc(/C=C/c3ccccc3)cc2)C2C(=O)N(Cc3ccccc3)C(=O)C21. The predicted molar refractivity (Wildman–Crippen MR) is 139 cm³/mol. The highest BCUT2D eigenvalue weighted by molar-refractivity contribution is 6.10. The smallest absolute Gasteiger partial charge is 0.325 e. The van der Waals surface area contributed by atoms with Crippen LogP contribution in [0.1, 0.15) is 34.7 Å². The number of hydrogen-bond donors (Lipinski definition) is 3. The number of carboxylic acid groups (broad SMARTS) is 2. The number of likely N-dealkylation sites (tertiary alicyclic amines) is 1. The summed E-state index contributed by atoms with van der Waals surface area (Å²) in [7, 11) is 0. The molecule has 2 amide bonds. The molecule has 5 rings (SSSR count). The Labute approximate surface area is 219 Å². The first-order chi connectivity index (χ1) is 18.3. The van der Waals surface area contributed by atoms with Gasteiger partial charge in [0.1, 0.15) is 5.54 Å². The molecule has 0 aliphatic carbocycles. The van der Waals surface area contributed by atoms with Crippen molar-refractivity contribution in [2.75, 3.05) is 0 Å². The zero-order chi connectivity index (χ0) is 26.9. The van der Waals surface area contributed by atoms with Crippen LogP contribution in [0.25, 0.3) is 12.2 Å². The Hall–Kier alpha value is -4.56. The summed E-state index contributed by atoms with van der Waals surface area (Å²) >= 11 is 0. The van der Waals surface area contributed by atoms with E-state index in [1.807, 2.05) is 60.7 Å². The van der Waals surface area contributed by atoms with E-state index in [4.69, 9.17) is 0 Å². The number of carboxylic acids is 2. The topological polar surface area (TPSA) is 124 Å². The maximum Gasteiger partial charge on any atom is 0.325 e. The van der Waals surface area contributed by atoms with Crippen LogP contribution in [0.3, 0.4) is 0 Å². The second-order valence-electron chi connectivity index (χ2n) is 9.63. The van der Waals surface area contributed by atoms with Gasteiger partial charge in [0.05, 0.1) is 24.8 Å². The van der Waals surface area contributed by atoms with Gasteiger partial charge in [-0.3, -0.25) is 29.4 Å². The van der Waals surface area contributed by atoms with E-state index in [2.05, 4.69) is 5.32 Å². The monoisotopic (exact) mass is 510 g/mol. The van der Waals surface area contributed by atoms with Crippen LogP contribution in [-0.2, 0) is 25.7 Å². The molecule has 0 radical (unpaired) electrons. The van der Waals surface area contributed by atoms with Crippen LogP contribution in [0.15, 0.2) is 84.9 Å². The number of carbonyl (C=O) groups is 4. The quantitative estimate of drug-likeness (QED) is 0.312. The molecule has 3 N–H and O–H groups in total. The van der Waals surface area contributed by atoms with Gasteiger partial charge in [0, 0.05) is 6.04 Å². The molecule has 0 spiro atoms. The van der Waals surface area contributed by atoms with Crippen molar-refractivity contribution < 1.29 is 29.4 Å². The number of nitrogens with zero attached hydrogens (tertiary/aromatic N) is 1. The standard InChI is InChI=1S/C30H26N2O6/c33-23(34)17-30(29(37)38)25-24(27(35)32(28(25)36)18-21-9-5-2-6-10-21)26(31-30)22-15-13-20(14-16-22)12-11-19-7-3-1-4-8-19/h1-16,24-26,31H,17-18H2,(H,33,34)(H,37,38)/b12-11+. The zero-order valence-corrected chi connectivity index (χ0v) is 20.4. The molecule has 2 aliphatic rings. The van der Waals surface area contributed by atoms with E-state index in [-0.39, 0.29) is 6.54 Å². The first kappa shape index (κ1) is 25.1. The molecule has 192 valence electrons. The molecule has 0 saturated carbocycles. The highest BCUT2D eigenvalue weighted by Crippen LogP contribution is 2.50. The molecule has 4 atom stereocenters. The minimum atomic E-state index is -2.12. The van der Waals surface area contributed by atoms with E-state index in [1.165, 1.54) is 0 Å². The number of benzene rings is 3. The van der Waals surface area contributed by atoms with Crippen LogP contribution < -0.4 is 5.32 Å². The molecule has 38 heavy (non-hydrogen) atoms. The fourth-order valence-electron chi connectivity index (χ4n) is 5.52. The lowest BCUT2D eigenvalue weighted by atomic mass is 9.77. The maximum absolute atomic E-state index is 13.6. The summed E-state index contributed by atoms with van der Waals surface area (Å²) in [6, 6.07) is 25.1. The minimum absolute atomic E-state index is 0.00971. The largest absolute Gasteiger partial charge is 0.481 e. The fourth-order valence-corrected chi connectivity index (χ4v) is 5.52. The lowest BCUT2D eigenvalue weighted by Crippen LogP contribution is -2.56. The highest BCUT2D eigenvalue weighted by atomic mass is 16.4. The number of aliphatic carboxylic acids is 2. The van der Waals surface area contributed by atoms with Gasteiger partial charge in [-0.15, -0.1) is 0 Å². The predicted octanol–water partition coefficient (Wildman–Crippen LogP) is 3.60. The van der Waals surface area contributed by atoms with E-state index >= 15 is 0 Å². The van der Waals surface area contributed by atoms with Crippen molar-refractivity contribution in [1.82, 2.24) is 10.2 Å². The Bertz CT molecular complexity index is 1400. The van der Waals surface area contributed by atoms with Gasteiger partial charge in [-0.1, -0.05) is 97.1 Å². The van der Waals surface area contributed by atoms with Crippen molar-refractivity contribution in [3.63, 3.8) is 0 Å². The van der Waals surface area contributed by atoms with Gasteiger partial charge in [-0.05, 0) is 22.3 Å². The molecule has 3 aromatic rings. The summed E-state index contributed by atoms with van der Waals surface area (Å²) in [6.45, 7) is -0.00971. The number of amides is 2. The first-order valence-corrected chi connectivity index (χ1v) is 12.3. The summed E-state index contributed by atoms with van der Waals surface area (Å²) < 4.78 is 0. The molecular weight excluding hydrogens is 484 g/mol. The third-order valence-electron chi connectivity index (χ3n) is 7.30. The summed E-state index contributed by atoms with van der Waals surface area (Å²) in [5.41, 5.74) is 1.12. The van der Waals surface area contributed by atoms with E-state index in [0.717, 1.165) is 16.0 Å². The van der Waals surface area contributed by atoms with Gasteiger partial charge < -0.3 is 10.2 Å². The van der Waals surface area contributed by atoms with Crippen molar-refractivity contribution in [2.45, 2.75) is 24.5 Å². The van der Waals surface area contributed by atoms with E-state index in [1.54, 1.807) is 36.4 Å². The van der Waals surface area contributed by atoms with Gasteiger partial charge >= 0.3 is 11.9 Å². The number of rotatable bonds is 8. The summed E-state index contributed by atoms with van der Waals surface area (Å²) in [4.78, 5) is 52.6. The first-order valence-electron chi connectivity index (χ1n) is 12.3. The molecule has 0 aromatic heterocycles. The highest BCUT2D eigenvalue weighted by Gasteiger charge is 2.69. The second kappa shape index (κ2) is 10.1. The molecule has 8 heteroatoms. The van der Waals surface area contributed by atoms with Crippen LogP contribution in [0.4, 0.5) is 0 Å². The van der Waals surface area contributed by atoms with Gasteiger partial charge in [-0.25, -0.2) is 0 Å². The molecular formula is C30H26N2O6. The van der Waals surface area contributed by atoms with Gasteiger partial charge in [0.25, 0.3) is 0 Å². The lowest BCUT2D eigenvalue weighted by Gasteiger charge is -2.29. The number of imide groups is 1. The average molecular weight is 511 g/mol. The van der Waals surface area contributed by atoms with Gasteiger partial charge in [-0.2, -0.15) is 0 Å². The molecule has 4 unspecified atom stereocenters. The van der Waals surface area contributed by atoms with Crippen LogP contribution in [0, 0.1) is 11.8 Å². The Balaban J connectivity index is 1.49. The van der Waals surface area contributed by atoms with Crippen molar-refractivity contribution >= 4 is 35.9 Å². The van der Waals surface area contributed by atoms with E-state index in [0.29, 0.717) is 11.1 Å². The maximum atomic E-state index is 13.6. The minimum Gasteiger partial charge on any atom is -0.481 e. The third kappa shape index (κ3) is 4.50. The van der Waals surface area contributed by atoms with Crippen LogP contribution >= 0.6 is 0 Å². The second-order valence-corrected chi connectivity index (χ2v) is 9.63. The van der Waals surface area contributed by atoms with E-state index < -0.39 is 53.6 Å². The van der Waals surface area contributed by atoms with Crippen LogP contribution in [-0.4, -0.2) is 44.4 Å². The van der Waals surface area contributed by atoms with Crippen molar-refractivity contribution in [1.29, 1.82) is 0 Å². The van der Waals surface area contributed by atoms with E-state index in [9.17, 15) is 29.4 Å². The summed E-state index contributed by atoms with van der Waals surface area (Å²) in [5, 5.41) is 22.7. The fraction of sp³-hybridized carbons (Fsp3) is 0.200. The summed E-state index contributed by atoms with van der Waals surface area (Å²) in [5.74, 6) is -6.43. The molecule has 2 aliphatic heterocycles. The Morgan fingerprint density at radius 2 is 1.39 bits per heavy atom. The summed E-state index contributed by atoms with van der Waals surface area (Å²) in [6.07, 6.45) is 3.06. The Morgan fingerprint density at radius 3 is 1.97 bits per heavy atom.